The predicted octanol–water partition coefficient (Wildman–Crippen LogP) is 5.39. The Labute approximate surface area is 159 Å². The van der Waals surface area contributed by atoms with Gasteiger partial charge in [0.25, 0.3) is 5.91 Å². The molecule has 2 aromatic rings. The van der Waals surface area contributed by atoms with Crippen LogP contribution in [0.4, 0.5) is 0 Å². The molecular weight excluding hydrogens is 387 g/mol. The second-order valence-electron chi connectivity index (χ2n) is 5.17. The van der Waals surface area contributed by atoms with Crippen molar-refractivity contribution in [1.82, 2.24) is 4.90 Å². The van der Waals surface area contributed by atoms with Gasteiger partial charge in [0.1, 0.15) is 0 Å². The zero-order valence-corrected chi connectivity index (χ0v) is 15.6. The lowest BCUT2D eigenvalue weighted by molar-refractivity contribution is 0.0860. The highest BCUT2D eigenvalue weighted by Gasteiger charge is 2.25. The molecule has 1 heterocycles. The topological polar surface area (TPSA) is 32.7 Å². The van der Waals surface area contributed by atoms with E-state index >= 15 is 0 Å². The third-order valence-corrected chi connectivity index (χ3v) is 5.57. The van der Waals surface area contributed by atoms with Crippen molar-refractivity contribution in [2.75, 3.05) is 13.1 Å². The molecule has 0 aromatic heterocycles. The van der Waals surface area contributed by atoms with Crippen LogP contribution in [0.3, 0.4) is 0 Å². The van der Waals surface area contributed by atoms with E-state index in [0.717, 1.165) is 10.7 Å². The number of aliphatic imine (C=N–C) groups is 1. The number of hydrogen-bond donors (Lipinski definition) is 0. The second-order valence-corrected chi connectivity index (χ2v) is 7.36. The molecule has 3 nitrogen and oxygen atoms in total. The molecule has 0 atom stereocenters. The third-order valence-electron chi connectivity index (χ3n) is 3.49. The van der Waals surface area contributed by atoms with Crippen LogP contribution in [-0.2, 0) is 5.75 Å². The summed E-state index contributed by atoms with van der Waals surface area (Å²) in [5, 5.41) is 2.39. The number of carbonyl (C=O) groups is 1. The first kappa shape index (κ1) is 17.6. The highest BCUT2D eigenvalue weighted by atomic mass is 35.5. The van der Waals surface area contributed by atoms with Crippen molar-refractivity contribution in [3.63, 3.8) is 0 Å². The van der Waals surface area contributed by atoms with Gasteiger partial charge in [-0.25, -0.2) is 0 Å². The van der Waals surface area contributed by atoms with Gasteiger partial charge >= 0.3 is 0 Å². The summed E-state index contributed by atoms with van der Waals surface area (Å²) < 4.78 is 0. The summed E-state index contributed by atoms with van der Waals surface area (Å²) in [7, 11) is 0. The SMILES string of the molecule is O=C(c1ccc(Cl)cc1)N1CCN=C1SCc1ccc(Cl)c(Cl)c1. The van der Waals surface area contributed by atoms with Gasteiger partial charge in [0.15, 0.2) is 5.17 Å². The van der Waals surface area contributed by atoms with Crippen LogP contribution in [0.5, 0.6) is 0 Å². The van der Waals surface area contributed by atoms with Crippen molar-refractivity contribution in [3.05, 3.63) is 68.7 Å². The lowest BCUT2D eigenvalue weighted by atomic mass is 10.2. The fraction of sp³-hybridized carbons (Fsp3) is 0.176. The van der Waals surface area contributed by atoms with Gasteiger partial charge in [-0.3, -0.25) is 14.7 Å². The lowest BCUT2D eigenvalue weighted by Gasteiger charge is -2.18. The summed E-state index contributed by atoms with van der Waals surface area (Å²) in [6.07, 6.45) is 0. The van der Waals surface area contributed by atoms with Crippen molar-refractivity contribution in [2.24, 2.45) is 4.99 Å². The number of amides is 1. The predicted molar refractivity (Wildman–Crippen MR) is 103 cm³/mol. The van der Waals surface area contributed by atoms with E-state index in [1.54, 1.807) is 35.2 Å². The van der Waals surface area contributed by atoms with Crippen LogP contribution in [-0.4, -0.2) is 29.1 Å². The normalized spacial score (nSPS) is 14.0. The Hall–Kier alpha value is -1.20. The summed E-state index contributed by atoms with van der Waals surface area (Å²) in [6, 6.07) is 12.4. The van der Waals surface area contributed by atoms with Gasteiger partial charge in [-0.05, 0) is 42.0 Å². The maximum Gasteiger partial charge on any atom is 0.259 e. The van der Waals surface area contributed by atoms with Crippen LogP contribution < -0.4 is 0 Å². The standard InChI is InChI=1S/C17H13Cl3N2OS/c18-13-4-2-12(3-5-13)16(23)22-8-7-21-17(22)24-10-11-1-6-14(19)15(20)9-11/h1-6,9H,7-8,10H2. The van der Waals surface area contributed by atoms with Crippen LogP contribution >= 0.6 is 46.6 Å². The minimum atomic E-state index is -0.0652. The molecule has 0 N–H and O–H groups in total. The van der Waals surface area contributed by atoms with E-state index in [-0.39, 0.29) is 5.91 Å². The molecule has 7 heteroatoms. The van der Waals surface area contributed by atoms with Gasteiger partial charge in [-0.2, -0.15) is 0 Å². The van der Waals surface area contributed by atoms with Crippen LogP contribution in [0.2, 0.25) is 15.1 Å². The van der Waals surface area contributed by atoms with Crippen molar-refractivity contribution >= 4 is 57.6 Å². The van der Waals surface area contributed by atoms with Crippen LogP contribution in [0.1, 0.15) is 15.9 Å². The number of halogens is 3. The van der Waals surface area contributed by atoms with E-state index < -0.39 is 0 Å². The number of benzene rings is 2. The highest BCUT2D eigenvalue weighted by Crippen LogP contribution is 2.26. The fourth-order valence-corrected chi connectivity index (χ4v) is 3.70. The van der Waals surface area contributed by atoms with Gasteiger partial charge in [0, 0.05) is 22.9 Å². The minimum absolute atomic E-state index is 0.0652. The number of rotatable bonds is 3. The molecule has 0 saturated heterocycles. The Balaban J connectivity index is 1.68. The van der Waals surface area contributed by atoms with E-state index in [1.165, 1.54) is 11.8 Å². The zero-order valence-electron chi connectivity index (χ0n) is 12.5. The van der Waals surface area contributed by atoms with Crippen LogP contribution in [0.25, 0.3) is 0 Å². The molecule has 1 amide bonds. The Morgan fingerprint density at radius 1 is 1.08 bits per heavy atom. The molecule has 0 aliphatic carbocycles. The van der Waals surface area contributed by atoms with Gasteiger partial charge < -0.3 is 0 Å². The average molecular weight is 400 g/mol. The molecule has 0 spiro atoms. The number of thioether (sulfide) groups is 1. The Morgan fingerprint density at radius 3 is 2.54 bits per heavy atom. The smallest absolute Gasteiger partial charge is 0.259 e. The van der Waals surface area contributed by atoms with E-state index in [2.05, 4.69) is 4.99 Å². The van der Waals surface area contributed by atoms with Crippen molar-refractivity contribution < 1.29 is 4.79 Å². The first-order valence-corrected chi connectivity index (χ1v) is 9.35. The molecule has 0 unspecified atom stereocenters. The van der Waals surface area contributed by atoms with E-state index in [9.17, 15) is 4.79 Å². The first-order chi connectivity index (χ1) is 11.5. The van der Waals surface area contributed by atoms with E-state index in [0.29, 0.717) is 39.5 Å². The number of carbonyl (C=O) groups excluding carboxylic acids is 1. The maximum absolute atomic E-state index is 12.6. The molecule has 1 aliphatic rings. The summed E-state index contributed by atoms with van der Waals surface area (Å²) in [5.41, 5.74) is 1.63. The number of amidine groups is 1. The number of nitrogens with zero attached hydrogens (tertiary/aromatic N) is 2. The fourth-order valence-electron chi connectivity index (χ4n) is 2.26. The molecule has 124 valence electrons. The van der Waals surface area contributed by atoms with Crippen LogP contribution in [0.15, 0.2) is 47.5 Å². The first-order valence-electron chi connectivity index (χ1n) is 7.23. The van der Waals surface area contributed by atoms with Crippen molar-refractivity contribution in [3.8, 4) is 0 Å². The lowest BCUT2D eigenvalue weighted by Crippen LogP contribution is -2.32. The largest absolute Gasteiger partial charge is 0.286 e. The van der Waals surface area contributed by atoms with Crippen molar-refractivity contribution in [2.45, 2.75) is 5.75 Å². The quantitative estimate of drug-likeness (QED) is 0.693. The average Bonchev–Trinajstić information content (AvgIpc) is 3.04. The Bertz CT molecular complexity index is 793. The molecule has 1 aliphatic heterocycles. The van der Waals surface area contributed by atoms with Gasteiger partial charge in [0.2, 0.25) is 0 Å². The molecule has 0 fully saturated rings. The number of hydrogen-bond acceptors (Lipinski definition) is 3. The summed E-state index contributed by atoms with van der Waals surface area (Å²) in [6.45, 7) is 1.20. The molecule has 3 rings (SSSR count). The van der Waals surface area contributed by atoms with Gasteiger partial charge in [0.05, 0.1) is 16.6 Å². The van der Waals surface area contributed by atoms with E-state index in [4.69, 9.17) is 34.8 Å². The Kier molecular flexibility index (Phi) is 5.72. The summed E-state index contributed by atoms with van der Waals surface area (Å²) >= 11 is 19.3. The third kappa shape index (κ3) is 4.06. The highest BCUT2D eigenvalue weighted by molar-refractivity contribution is 8.13. The summed E-state index contributed by atoms with van der Waals surface area (Å²) in [5.74, 6) is 0.602. The monoisotopic (exact) mass is 398 g/mol. The van der Waals surface area contributed by atoms with Gasteiger partial charge in [-0.15, -0.1) is 0 Å². The maximum atomic E-state index is 12.6. The zero-order chi connectivity index (χ0) is 17.1. The molecule has 0 radical (unpaired) electrons. The molecule has 24 heavy (non-hydrogen) atoms. The molecule has 0 saturated carbocycles. The minimum Gasteiger partial charge on any atom is -0.286 e. The second kappa shape index (κ2) is 7.79. The van der Waals surface area contributed by atoms with Gasteiger partial charge in [-0.1, -0.05) is 52.6 Å². The molecule has 0 bridgehead atoms. The Morgan fingerprint density at radius 2 is 1.83 bits per heavy atom. The molecule has 2 aromatic carbocycles. The summed E-state index contributed by atoms with van der Waals surface area (Å²) in [4.78, 5) is 18.8. The van der Waals surface area contributed by atoms with Crippen molar-refractivity contribution in [1.29, 1.82) is 0 Å². The van der Waals surface area contributed by atoms with E-state index in [1.807, 2.05) is 12.1 Å². The van der Waals surface area contributed by atoms with Crippen LogP contribution in [0, 0.1) is 0 Å². The molecular formula is C17H13Cl3N2OS.